The summed E-state index contributed by atoms with van der Waals surface area (Å²) >= 11 is 0. The van der Waals surface area contributed by atoms with Crippen molar-refractivity contribution in [2.75, 3.05) is 19.5 Å². The maximum absolute atomic E-state index is 14.4. The molecule has 0 saturated heterocycles. The summed E-state index contributed by atoms with van der Waals surface area (Å²) in [6.45, 7) is 0. The van der Waals surface area contributed by atoms with Crippen LogP contribution in [0.4, 0.5) is 15.8 Å². The molecule has 9 heteroatoms. The molecule has 0 bridgehead atoms. The molecule has 8 nitrogen and oxygen atoms in total. The van der Waals surface area contributed by atoms with E-state index in [1.165, 1.54) is 13.2 Å². The van der Waals surface area contributed by atoms with E-state index in [1.807, 2.05) is 12.1 Å². The molecular weight excluding hydrogens is 425 g/mol. The van der Waals surface area contributed by atoms with Crippen LogP contribution >= 0.6 is 0 Å². The van der Waals surface area contributed by atoms with Crippen LogP contribution in [0.5, 0.6) is 11.6 Å². The summed E-state index contributed by atoms with van der Waals surface area (Å²) in [5.74, 6) is 0.0682. The Morgan fingerprint density at radius 2 is 2.03 bits per heavy atom. The van der Waals surface area contributed by atoms with E-state index >= 15 is 0 Å². The van der Waals surface area contributed by atoms with Gasteiger partial charge in [0.1, 0.15) is 5.52 Å². The van der Waals surface area contributed by atoms with Crippen molar-refractivity contribution in [3.63, 3.8) is 0 Å². The van der Waals surface area contributed by atoms with Gasteiger partial charge >= 0.3 is 0 Å². The van der Waals surface area contributed by atoms with Crippen LogP contribution in [-0.2, 0) is 0 Å². The number of carbonyl (C=O) groups is 1. The first kappa shape index (κ1) is 19.5. The summed E-state index contributed by atoms with van der Waals surface area (Å²) in [6, 6.07) is 10.2. The largest absolute Gasteiger partial charge is 0.492 e. The van der Waals surface area contributed by atoms with Crippen molar-refractivity contribution in [1.82, 2.24) is 20.3 Å². The molecule has 0 spiro atoms. The van der Waals surface area contributed by atoms with Gasteiger partial charge in [0, 0.05) is 35.5 Å². The predicted octanol–water partition coefficient (Wildman–Crippen LogP) is 4.12. The Kier molecular flexibility index (Phi) is 4.26. The van der Waals surface area contributed by atoms with Gasteiger partial charge in [-0.1, -0.05) is 6.07 Å². The molecule has 4 aromatic rings. The molecule has 2 aliphatic rings. The van der Waals surface area contributed by atoms with Gasteiger partial charge in [-0.05, 0) is 30.7 Å². The third kappa shape index (κ3) is 3.00. The fourth-order valence-corrected chi connectivity index (χ4v) is 4.55. The number of anilines is 2. The third-order valence-electron chi connectivity index (χ3n) is 6.20. The number of hydrogen-bond acceptors (Lipinski definition) is 6. The van der Waals surface area contributed by atoms with Crippen LogP contribution in [0.15, 0.2) is 42.6 Å². The number of carbonyl (C=O) groups excluding carboxylic acids is 1. The molecule has 1 aliphatic carbocycles. The molecule has 166 valence electrons. The lowest BCUT2D eigenvalue weighted by Gasteiger charge is -2.16. The van der Waals surface area contributed by atoms with Gasteiger partial charge in [-0.25, -0.2) is 9.37 Å². The average molecular weight is 445 g/mol. The molecule has 4 heterocycles. The molecule has 0 radical (unpaired) electrons. The Morgan fingerprint density at radius 3 is 2.85 bits per heavy atom. The van der Waals surface area contributed by atoms with Crippen molar-refractivity contribution in [2.24, 2.45) is 0 Å². The minimum absolute atomic E-state index is 0.0679. The van der Waals surface area contributed by atoms with Crippen LogP contribution in [0.2, 0.25) is 0 Å². The van der Waals surface area contributed by atoms with E-state index < -0.39 is 5.82 Å². The zero-order valence-corrected chi connectivity index (χ0v) is 17.9. The van der Waals surface area contributed by atoms with Gasteiger partial charge in [-0.3, -0.25) is 9.78 Å². The Balaban J connectivity index is 1.60. The first-order valence-corrected chi connectivity index (χ1v) is 10.6. The van der Waals surface area contributed by atoms with E-state index in [-0.39, 0.29) is 23.6 Å². The summed E-state index contributed by atoms with van der Waals surface area (Å²) < 4.78 is 25.0. The summed E-state index contributed by atoms with van der Waals surface area (Å²) in [6.07, 6.45) is 2.57. The molecule has 1 amide bonds. The molecule has 3 N–H and O–H groups in total. The number of aromatic amines is 1. The highest BCUT2D eigenvalue weighted by Crippen LogP contribution is 2.50. The van der Waals surface area contributed by atoms with Gasteiger partial charge in [-0.2, -0.15) is 0 Å². The van der Waals surface area contributed by atoms with E-state index in [0.29, 0.717) is 39.5 Å². The van der Waals surface area contributed by atoms with Crippen LogP contribution in [0.25, 0.3) is 22.3 Å². The Labute approximate surface area is 188 Å². The number of H-pyrrole nitrogens is 1. The lowest BCUT2D eigenvalue weighted by molar-refractivity contribution is 0.0944. The number of pyridine rings is 2. The van der Waals surface area contributed by atoms with Gasteiger partial charge in [0.15, 0.2) is 11.6 Å². The monoisotopic (exact) mass is 445 g/mol. The molecule has 2 unspecified atom stereocenters. The van der Waals surface area contributed by atoms with E-state index in [1.54, 1.807) is 31.5 Å². The van der Waals surface area contributed by atoms with Crippen LogP contribution in [0.3, 0.4) is 0 Å². The summed E-state index contributed by atoms with van der Waals surface area (Å²) in [5.41, 5.74) is 5.05. The van der Waals surface area contributed by atoms with Crippen molar-refractivity contribution < 1.29 is 18.7 Å². The lowest BCUT2D eigenvalue weighted by atomic mass is 10.0. The summed E-state index contributed by atoms with van der Waals surface area (Å²) in [7, 11) is 2.96. The molecular formula is C24H20FN5O3. The second-order valence-electron chi connectivity index (χ2n) is 8.11. The standard InChI is InChI=1S/C24H20FN5O3/c1-32-17-7-6-14-19(29-17)11(8-9-26-14)21-22(27-15-5-3-4-13(25)23(15)33-2)18-20(30-21)12-10-16(12)28-24(18)31/h3-9,12,16,27,30H,10H2,1-2H3,(H,28,31). The maximum Gasteiger partial charge on any atom is 0.255 e. The smallest absolute Gasteiger partial charge is 0.255 e. The number of nitrogens with one attached hydrogen (secondary N) is 3. The molecule has 1 aromatic carbocycles. The van der Waals surface area contributed by atoms with Crippen LogP contribution in [0.1, 0.15) is 28.4 Å². The van der Waals surface area contributed by atoms with E-state index in [2.05, 4.69) is 25.6 Å². The number of para-hydroxylation sites is 1. The maximum atomic E-state index is 14.4. The highest BCUT2D eigenvalue weighted by Gasteiger charge is 2.48. The van der Waals surface area contributed by atoms with Gasteiger partial charge in [0.05, 0.1) is 42.4 Å². The fraction of sp³-hybridized carbons (Fsp3) is 0.208. The van der Waals surface area contributed by atoms with E-state index in [4.69, 9.17) is 9.47 Å². The number of benzene rings is 1. The average Bonchev–Trinajstić information content (AvgIpc) is 3.50. The molecule has 2 atom stereocenters. The van der Waals surface area contributed by atoms with Gasteiger partial charge in [0.2, 0.25) is 5.88 Å². The number of fused-ring (bicyclic) bond motifs is 4. The van der Waals surface area contributed by atoms with E-state index in [0.717, 1.165) is 17.7 Å². The quantitative estimate of drug-likeness (QED) is 0.427. The van der Waals surface area contributed by atoms with E-state index in [9.17, 15) is 9.18 Å². The number of amides is 1. The topological polar surface area (TPSA) is 101 Å². The molecule has 33 heavy (non-hydrogen) atoms. The SMILES string of the molecule is COc1ccc2nccc(-c3[nH]c4c(c3Nc3cccc(F)c3OC)C(=O)NC3CC43)c2n1. The number of methoxy groups -OCH3 is 2. The number of hydrogen-bond donors (Lipinski definition) is 3. The molecule has 1 fully saturated rings. The zero-order chi connectivity index (χ0) is 22.7. The highest BCUT2D eigenvalue weighted by molar-refractivity contribution is 6.09. The first-order chi connectivity index (χ1) is 16.1. The Bertz CT molecular complexity index is 1430. The lowest BCUT2D eigenvalue weighted by Crippen LogP contribution is -2.31. The third-order valence-corrected chi connectivity index (χ3v) is 6.20. The predicted molar refractivity (Wildman–Crippen MR) is 121 cm³/mol. The molecule has 1 saturated carbocycles. The molecule has 6 rings (SSSR count). The minimum Gasteiger partial charge on any atom is -0.492 e. The van der Waals surface area contributed by atoms with Crippen molar-refractivity contribution in [3.8, 4) is 22.9 Å². The second kappa shape index (κ2) is 7.19. The van der Waals surface area contributed by atoms with Crippen molar-refractivity contribution in [3.05, 3.63) is 59.7 Å². The van der Waals surface area contributed by atoms with Crippen LogP contribution in [0, 0.1) is 5.82 Å². The van der Waals surface area contributed by atoms with Crippen molar-refractivity contribution in [2.45, 2.75) is 18.4 Å². The zero-order valence-electron chi connectivity index (χ0n) is 17.9. The van der Waals surface area contributed by atoms with Crippen molar-refractivity contribution in [1.29, 1.82) is 0 Å². The van der Waals surface area contributed by atoms with Gasteiger partial charge < -0.3 is 25.1 Å². The number of ether oxygens (including phenoxy) is 2. The van der Waals surface area contributed by atoms with Gasteiger partial charge in [-0.15, -0.1) is 0 Å². The molecule has 3 aromatic heterocycles. The molecule has 1 aliphatic heterocycles. The first-order valence-electron chi connectivity index (χ1n) is 10.6. The Hall–Kier alpha value is -4.14. The summed E-state index contributed by atoms with van der Waals surface area (Å²) in [5, 5.41) is 6.31. The number of halogens is 1. The van der Waals surface area contributed by atoms with Crippen LogP contribution < -0.4 is 20.1 Å². The van der Waals surface area contributed by atoms with Crippen molar-refractivity contribution >= 4 is 28.3 Å². The minimum atomic E-state index is -0.499. The number of rotatable bonds is 5. The number of aromatic nitrogens is 3. The van der Waals surface area contributed by atoms with Gasteiger partial charge in [0.25, 0.3) is 5.91 Å². The number of nitrogens with zero attached hydrogens (tertiary/aromatic N) is 2. The van der Waals surface area contributed by atoms with Crippen LogP contribution in [-0.4, -0.2) is 41.1 Å². The highest BCUT2D eigenvalue weighted by atomic mass is 19.1. The second-order valence-corrected chi connectivity index (χ2v) is 8.11. The fourth-order valence-electron chi connectivity index (χ4n) is 4.55. The Morgan fingerprint density at radius 1 is 1.15 bits per heavy atom. The summed E-state index contributed by atoms with van der Waals surface area (Å²) in [4.78, 5) is 25.5. The normalized spacial score (nSPS) is 18.3.